The number of rotatable bonds is 2. The van der Waals surface area contributed by atoms with E-state index in [1.165, 1.54) is 19.3 Å². The third kappa shape index (κ3) is 2.32. The first-order chi connectivity index (χ1) is 9.13. The maximum atomic E-state index is 11.3. The lowest BCUT2D eigenvalue weighted by atomic mass is 10.1. The zero-order valence-corrected chi connectivity index (χ0v) is 11.0. The molecule has 19 heavy (non-hydrogen) atoms. The minimum absolute atomic E-state index is 0.0544. The maximum Gasteiger partial charge on any atom is 0.262 e. The lowest BCUT2D eigenvalue weighted by molar-refractivity contribution is -0.118. The highest BCUT2D eigenvalue weighted by atomic mass is 16.5. The molecule has 2 atom stereocenters. The molecule has 1 fully saturated rings. The molecule has 102 valence electrons. The van der Waals surface area contributed by atoms with Gasteiger partial charge in [0.2, 0.25) is 0 Å². The smallest absolute Gasteiger partial charge is 0.262 e. The molecule has 0 spiro atoms. The number of anilines is 3. The molecule has 5 heteroatoms. The number of ether oxygens (including phenoxy) is 1. The monoisotopic (exact) mass is 261 g/mol. The van der Waals surface area contributed by atoms with Crippen molar-refractivity contribution in [3.8, 4) is 5.75 Å². The van der Waals surface area contributed by atoms with E-state index in [4.69, 9.17) is 10.5 Å². The van der Waals surface area contributed by atoms with E-state index in [-0.39, 0.29) is 12.5 Å². The molecule has 5 nitrogen and oxygen atoms in total. The third-order valence-electron chi connectivity index (χ3n) is 3.99. The van der Waals surface area contributed by atoms with Gasteiger partial charge in [0, 0.05) is 12.1 Å². The summed E-state index contributed by atoms with van der Waals surface area (Å²) >= 11 is 0. The van der Waals surface area contributed by atoms with Gasteiger partial charge in [0.25, 0.3) is 5.91 Å². The van der Waals surface area contributed by atoms with Crippen molar-refractivity contribution in [1.82, 2.24) is 0 Å². The van der Waals surface area contributed by atoms with Crippen LogP contribution < -0.4 is 21.1 Å². The molecule has 1 aromatic carbocycles. The van der Waals surface area contributed by atoms with Crippen molar-refractivity contribution in [2.75, 3.05) is 23.0 Å². The number of nitrogen functional groups attached to an aromatic ring is 1. The van der Waals surface area contributed by atoms with Crippen LogP contribution in [0.4, 0.5) is 17.1 Å². The topological polar surface area (TPSA) is 76.4 Å². The molecule has 0 bridgehead atoms. The van der Waals surface area contributed by atoms with Crippen LogP contribution in [0.25, 0.3) is 0 Å². The van der Waals surface area contributed by atoms with Gasteiger partial charge in [-0.3, -0.25) is 4.79 Å². The number of benzene rings is 1. The second-order valence-electron chi connectivity index (χ2n) is 5.43. The Bertz CT molecular complexity index is 516. The normalized spacial score (nSPS) is 25.4. The summed E-state index contributed by atoms with van der Waals surface area (Å²) in [4.78, 5) is 11.3. The number of carbonyl (C=O) groups excluding carboxylic acids is 1. The quantitative estimate of drug-likeness (QED) is 0.713. The molecule has 3 rings (SSSR count). The molecule has 2 unspecified atom stereocenters. The van der Waals surface area contributed by atoms with Crippen LogP contribution in [0, 0.1) is 5.92 Å². The Morgan fingerprint density at radius 1 is 1.42 bits per heavy atom. The first-order valence-corrected chi connectivity index (χ1v) is 6.76. The fourth-order valence-corrected chi connectivity index (χ4v) is 2.83. The SMILES string of the molecule is CC1CCCC1Nc1cc2c(cc1N)OCC(=O)N2. The molecular formula is C14H19N3O2. The summed E-state index contributed by atoms with van der Waals surface area (Å²) in [5.74, 6) is 1.17. The number of hydrogen-bond donors (Lipinski definition) is 3. The summed E-state index contributed by atoms with van der Waals surface area (Å²) in [5, 5.41) is 6.30. The summed E-state index contributed by atoms with van der Waals surface area (Å²) in [6.07, 6.45) is 3.67. The molecule has 0 saturated heterocycles. The molecule has 1 aromatic rings. The van der Waals surface area contributed by atoms with Gasteiger partial charge in [0.1, 0.15) is 5.75 Å². The molecule has 1 heterocycles. The highest BCUT2D eigenvalue weighted by Gasteiger charge is 2.25. The van der Waals surface area contributed by atoms with Crippen molar-refractivity contribution in [3.63, 3.8) is 0 Å². The van der Waals surface area contributed by atoms with Crippen molar-refractivity contribution in [2.24, 2.45) is 5.92 Å². The van der Waals surface area contributed by atoms with Gasteiger partial charge < -0.3 is 21.1 Å². The zero-order chi connectivity index (χ0) is 13.4. The molecule has 1 amide bonds. The van der Waals surface area contributed by atoms with E-state index in [1.807, 2.05) is 6.07 Å². The van der Waals surface area contributed by atoms with Gasteiger partial charge in [0.05, 0.1) is 17.1 Å². The number of nitrogens with one attached hydrogen (secondary N) is 2. The molecule has 1 saturated carbocycles. The average Bonchev–Trinajstić information content (AvgIpc) is 2.77. The predicted molar refractivity (Wildman–Crippen MR) is 75.4 cm³/mol. The van der Waals surface area contributed by atoms with Crippen LogP contribution in [0.3, 0.4) is 0 Å². The van der Waals surface area contributed by atoms with E-state index < -0.39 is 0 Å². The molecule has 0 radical (unpaired) electrons. The van der Waals surface area contributed by atoms with Crippen molar-refractivity contribution >= 4 is 23.0 Å². The summed E-state index contributed by atoms with van der Waals surface area (Å²) in [7, 11) is 0. The van der Waals surface area contributed by atoms with Crippen LogP contribution >= 0.6 is 0 Å². The zero-order valence-electron chi connectivity index (χ0n) is 11.0. The predicted octanol–water partition coefficient (Wildman–Crippen LogP) is 2.20. The number of hydrogen-bond acceptors (Lipinski definition) is 4. The van der Waals surface area contributed by atoms with Crippen LogP contribution in [0.15, 0.2) is 12.1 Å². The van der Waals surface area contributed by atoms with Gasteiger partial charge in [-0.25, -0.2) is 0 Å². The summed E-state index contributed by atoms with van der Waals surface area (Å²) in [6, 6.07) is 4.10. The van der Waals surface area contributed by atoms with Crippen molar-refractivity contribution in [1.29, 1.82) is 0 Å². The summed E-state index contributed by atoms with van der Waals surface area (Å²) in [5.41, 5.74) is 8.28. The molecule has 1 aliphatic carbocycles. The first-order valence-electron chi connectivity index (χ1n) is 6.76. The van der Waals surface area contributed by atoms with Crippen molar-refractivity contribution in [2.45, 2.75) is 32.2 Å². The minimum Gasteiger partial charge on any atom is -0.482 e. The van der Waals surface area contributed by atoms with E-state index in [0.29, 0.717) is 29.1 Å². The molecule has 2 aliphatic rings. The number of fused-ring (bicyclic) bond motifs is 1. The Balaban J connectivity index is 1.85. The van der Waals surface area contributed by atoms with Gasteiger partial charge in [-0.15, -0.1) is 0 Å². The van der Waals surface area contributed by atoms with Crippen molar-refractivity contribution in [3.05, 3.63) is 12.1 Å². The maximum absolute atomic E-state index is 11.3. The molecule has 0 aromatic heterocycles. The average molecular weight is 261 g/mol. The molecule has 4 N–H and O–H groups in total. The minimum atomic E-state index is -0.127. The van der Waals surface area contributed by atoms with Crippen LogP contribution in [0.2, 0.25) is 0 Å². The Hall–Kier alpha value is -1.91. The van der Waals surface area contributed by atoms with E-state index in [0.717, 1.165) is 5.69 Å². The standard InChI is InChI=1S/C14H19N3O2/c1-8-3-2-4-10(8)16-11-6-12-13(5-9(11)15)19-7-14(18)17-12/h5-6,8,10,16H,2-4,7,15H2,1H3,(H,17,18). The van der Waals surface area contributed by atoms with Crippen molar-refractivity contribution < 1.29 is 9.53 Å². The second kappa shape index (κ2) is 4.64. The van der Waals surface area contributed by atoms with Gasteiger partial charge in [0.15, 0.2) is 6.61 Å². The van der Waals surface area contributed by atoms with Gasteiger partial charge in [-0.2, -0.15) is 0 Å². The lowest BCUT2D eigenvalue weighted by Crippen LogP contribution is -2.26. The van der Waals surface area contributed by atoms with Crippen LogP contribution in [-0.4, -0.2) is 18.6 Å². The number of nitrogens with two attached hydrogens (primary N) is 1. The Morgan fingerprint density at radius 2 is 2.26 bits per heavy atom. The van der Waals surface area contributed by atoms with E-state index in [2.05, 4.69) is 17.6 Å². The fourth-order valence-electron chi connectivity index (χ4n) is 2.83. The largest absolute Gasteiger partial charge is 0.482 e. The van der Waals surface area contributed by atoms with Crippen LogP contribution in [0.5, 0.6) is 5.75 Å². The number of carbonyl (C=O) groups is 1. The highest BCUT2D eigenvalue weighted by molar-refractivity contribution is 5.97. The van der Waals surface area contributed by atoms with Gasteiger partial charge >= 0.3 is 0 Å². The van der Waals surface area contributed by atoms with Gasteiger partial charge in [-0.1, -0.05) is 13.3 Å². The van der Waals surface area contributed by atoms with Gasteiger partial charge in [-0.05, 0) is 24.8 Å². The van der Waals surface area contributed by atoms with Crippen LogP contribution in [0.1, 0.15) is 26.2 Å². The molecule has 1 aliphatic heterocycles. The summed E-state index contributed by atoms with van der Waals surface area (Å²) in [6.45, 7) is 2.31. The first kappa shape index (κ1) is 12.1. The second-order valence-corrected chi connectivity index (χ2v) is 5.43. The molecular weight excluding hydrogens is 242 g/mol. The van der Waals surface area contributed by atoms with E-state index >= 15 is 0 Å². The highest BCUT2D eigenvalue weighted by Crippen LogP contribution is 2.37. The lowest BCUT2D eigenvalue weighted by Gasteiger charge is -2.23. The fraction of sp³-hybridized carbons (Fsp3) is 0.500. The Morgan fingerprint density at radius 3 is 3.00 bits per heavy atom. The van der Waals surface area contributed by atoms with E-state index in [9.17, 15) is 4.79 Å². The Labute approximate surface area is 112 Å². The summed E-state index contributed by atoms with van der Waals surface area (Å²) < 4.78 is 5.34. The third-order valence-corrected chi connectivity index (χ3v) is 3.99. The number of amides is 1. The van der Waals surface area contributed by atoms with E-state index in [1.54, 1.807) is 6.07 Å². The Kier molecular flexibility index (Phi) is 2.97. The van der Waals surface area contributed by atoms with Crippen LogP contribution in [-0.2, 0) is 4.79 Å².